The maximum atomic E-state index is 14.8. The second kappa shape index (κ2) is 8.76. The lowest BCUT2D eigenvalue weighted by atomic mass is 9.63. The molecular formula is C25H30F4O. The summed E-state index contributed by atoms with van der Waals surface area (Å²) in [5.74, 6) is 1.90. The second-order valence-corrected chi connectivity index (χ2v) is 9.28. The highest BCUT2D eigenvalue weighted by atomic mass is 19.4. The lowest BCUT2D eigenvalue weighted by Crippen LogP contribution is -2.30. The zero-order valence-corrected chi connectivity index (χ0v) is 17.5. The van der Waals surface area contributed by atoms with Crippen LogP contribution >= 0.6 is 0 Å². The molecule has 2 aliphatic carbocycles. The molecule has 2 unspecified atom stereocenters. The highest BCUT2D eigenvalue weighted by molar-refractivity contribution is 5.85. The molecule has 0 radical (unpaired) electrons. The fourth-order valence-electron chi connectivity index (χ4n) is 5.79. The van der Waals surface area contributed by atoms with Gasteiger partial charge < -0.3 is 4.74 Å². The second-order valence-electron chi connectivity index (χ2n) is 9.28. The normalized spacial score (nSPS) is 27.1. The zero-order chi connectivity index (χ0) is 21.3. The van der Waals surface area contributed by atoms with Gasteiger partial charge >= 0.3 is 6.36 Å². The summed E-state index contributed by atoms with van der Waals surface area (Å²) in [6, 6.07) is 7.39. The van der Waals surface area contributed by atoms with Crippen molar-refractivity contribution < 1.29 is 22.3 Å². The summed E-state index contributed by atoms with van der Waals surface area (Å²) >= 11 is 0. The first-order valence-corrected chi connectivity index (χ1v) is 11.3. The van der Waals surface area contributed by atoms with E-state index in [4.69, 9.17) is 0 Å². The van der Waals surface area contributed by atoms with E-state index < -0.39 is 12.2 Å². The van der Waals surface area contributed by atoms with Crippen molar-refractivity contribution in [2.45, 2.75) is 77.0 Å². The standard InChI is InChI=1S/C25H30F4O/c1-2-3-4-16-5-6-18-12-19(8-7-17(18)11-16)21-13-20-9-10-22(30-25(27,28)29)15-23(20)24(26)14-21/h9-10,13-19H,2-8,11-12H2,1H3/t16-,17?,18-,19?/m1/s1. The lowest BCUT2D eigenvalue weighted by Gasteiger charge is -2.42. The van der Waals surface area contributed by atoms with Crippen molar-refractivity contribution in [3.8, 4) is 5.75 Å². The largest absolute Gasteiger partial charge is 0.573 e. The van der Waals surface area contributed by atoms with Gasteiger partial charge in [-0.2, -0.15) is 0 Å². The quantitative estimate of drug-likeness (QED) is 0.440. The van der Waals surface area contributed by atoms with Crippen LogP contribution < -0.4 is 4.74 Å². The molecule has 0 spiro atoms. The first-order valence-electron chi connectivity index (χ1n) is 11.3. The third-order valence-electron chi connectivity index (χ3n) is 7.29. The van der Waals surface area contributed by atoms with Gasteiger partial charge in [0.2, 0.25) is 0 Å². The number of unbranched alkanes of at least 4 members (excludes halogenated alkanes) is 1. The van der Waals surface area contributed by atoms with E-state index in [9.17, 15) is 17.6 Å². The molecule has 2 aromatic carbocycles. The van der Waals surface area contributed by atoms with Crippen LogP contribution in [0, 0.1) is 23.6 Å². The molecule has 0 aromatic heterocycles. The molecule has 0 heterocycles. The van der Waals surface area contributed by atoms with Crippen molar-refractivity contribution in [3.63, 3.8) is 0 Å². The molecule has 4 atom stereocenters. The van der Waals surface area contributed by atoms with Crippen LogP contribution in [0.4, 0.5) is 17.6 Å². The maximum absolute atomic E-state index is 14.8. The molecule has 0 amide bonds. The van der Waals surface area contributed by atoms with Gasteiger partial charge in [-0.25, -0.2) is 4.39 Å². The Balaban J connectivity index is 1.47. The fourth-order valence-corrected chi connectivity index (χ4v) is 5.79. The Hall–Kier alpha value is -1.78. The van der Waals surface area contributed by atoms with Gasteiger partial charge in [0, 0.05) is 5.39 Å². The summed E-state index contributed by atoms with van der Waals surface area (Å²) in [6.07, 6.45) is 6.51. The third kappa shape index (κ3) is 4.92. The van der Waals surface area contributed by atoms with Crippen LogP contribution in [-0.4, -0.2) is 6.36 Å². The lowest BCUT2D eigenvalue weighted by molar-refractivity contribution is -0.274. The monoisotopic (exact) mass is 422 g/mol. The number of halogens is 4. The molecule has 30 heavy (non-hydrogen) atoms. The predicted molar refractivity (Wildman–Crippen MR) is 111 cm³/mol. The molecule has 0 aliphatic heterocycles. The molecule has 0 bridgehead atoms. The molecule has 2 aliphatic rings. The molecule has 1 nitrogen and oxygen atoms in total. The van der Waals surface area contributed by atoms with Gasteiger partial charge in [-0.1, -0.05) is 44.7 Å². The Morgan fingerprint density at radius 3 is 2.50 bits per heavy atom. The minimum Gasteiger partial charge on any atom is -0.406 e. The minimum atomic E-state index is -4.78. The fraction of sp³-hybridized carbons (Fsp3) is 0.600. The van der Waals surface area contributed by atoms with Gasteiger partial charge in [0.05, 0.1) is 0 Å². The minimum absolute atomic E-state index is 0.172. The summed E-state index contributed by atoms with van der Waals surface area (Å²) in [6.45, 7) is 2.25. The predicted octanol–water partition coefficient (Wildman–Crippen LogP) is 8.37. The Labute approximate surface area is 175 Å². The number of benzene rings is 2. The first kappa shape index (κ1) is 21.5. The first-order chi connectivity index (χ1) is 14.3. The van der Waals surface area contributed by atoms with Crippen molar-refractivity contribution in [2.75, 3.05) is 0 Å². The average molecular weight is 423 g/mol. The number of hydrogen-bond acceptors (Lipinski definition) is 1. The van der Waals surface area contributed by atoms with Gasteiger partial charge in [0.1, 0.15) is 11.6 Å². The van der Waals surface area contributed by atoms with Crippen LogP contribution in [0.15, 0.2) is 30.3 Å². The van der Waals surface area contributed by atoms with Crippen molar-refractivity contribution in [1.29, 1.82) is 0 Å². The van der Waals surface area contributed by atoms with Gasteiger partial charge in [-0.15, -0.1) is 13.2 Å². The van der Waals surface area contributed by atoms with Gasteiger partial charge in [-0.05, 0) is 84.9 Å². The highest BCUT2D eigenvalue weighted by Gasteiger charge is 2.36. The molecule has 2 saturated carbocycles. The topological polar surface area (TPSA) is 9.23 Å². The van der Waals surface area contributed by atoms with Gasteiger partial charge in [0.25, 0.3) is 0 Å². The van der Waals surface area contributed by atoms with Crippen LogP contribution in [0.2, 0.25) is 0 Å². The molecule has 5 heteroatoms. The smallest absolute Gasteiger partial charge is 0.406 e. The summed E-state index contributed by atoms with van der Waals surface area (Å²) < 4.78 is 56.1. The SMILES string of the molecule is CCCC[C@@H]1CC[C@@H]2CC(c3cc(F)c4cc(OC(F)(F)F)ccc4c3)CCC2C1. The van der Waals surface area contributed by atoms with Crippen molar-refractivity contribution in [1.82, 2.24) is 0 Å². The van der Waals surface area contributed by atoms with Crippen molar-refractivity contribution >= 4 is 10.8 Å². The molecule has 4 rings (SSSR count). The van der Waals surface area contributed by atoms with Crippen LogP contribution in [0.25, 0.3) is 10.8 Å². The van der Waals surface area contributed by atoms with Crippen molar-refractivity contribution in [3.05, 3.63) is 41.7 Å². The van der Waals surface area contributed by atoms with E-state index in [0.717, 1.165) is 42.2 Å². The highest BCUT2D eigenvalue weighted by Crippen LogP contribution is 2.48. The van der Waals surface area contributed by atoms with E-state index in [1.54, 1.807) is 0 Å². The van der Waals surface area contributed by atoms with E-state index in [2.05, 4.69) is 11.7 Å². The van der Waals surface area contributed by atoms with Crippen molar-refractivity contribution in [2.24, 2.45) is 17.8 Å². The van der Waals surface area contributed by atoms with Crippen LogP contribution in [-0.2, 0) is 0 Å². The van der Waals surface area contributed by atoms with Gasteiger partial charge in [-0.3, -0.25) is 0 Å². The number of rotatable bonds is 5. The van der Waals surface area contributed by atoms with E-state index in [1.165, 1.54) is 63.1 Å². The van der Waals surface area contributed by atoms with E-state index in [1.807, 2.05) is 6.07 Å². The molecule has 164 valence electrons. The number of hydrogen-bond donors (Lipinski definition) is 0. The van der Waals surface area contributed by atoms with Crippen LogP contribution in [0.3, 0.4) is 0 Å². The number of ether oxygens (including phenoxy) is 1. The number of fused-ring (bicyclic) bond motifs is 2. The van der Waals surface area contributed by atoms with Gasteiger partial charge in [0.15, 0.2) is 0 Å². The maximum Gasteiger partial charge on any atom is 0.573 e. The number of alkyl halides is 3. The van der Waals surface area contributed by atoms with E-state index >= 15 is 0 Å². The molecule has 0 N–H and O–H groups in total. The Morgan fingerprint density at radius 1 is 0.967 bits per heavy atom. The zero-order valence-electron chi connectivity index (χ0n) is 17.5. The van der Waals surface area contributed by atoms with E-state index in [-0.39, 0.29) is 11.1 Å². The molecule has 2 aromatic rings. The van der Waals surface area contributed by atoms with E-state index in [0.29, 0.717) is 11.3 Å². The van der Waals surface area contributed by atoms with Crippen LogP contribution in [0.5, 0.6) is 5.75 Å². The molecule has 2 fully saturated rings. The Bertz CT molecular complexity index is 875. The van der Waals surface area contributed by atoms with Crippen LogP contribution in [0.1, 0.15) is 76.2 Å². The molecular weight excluding hydrogens is 392 g/mol. The Kier molecular flexibility index (Phi) is 6.26. The third-order valence-corrected chi connectivity index (χ3v) is 7.29. The summed E-state index contributed by atoms with van der Waals surface area (Å²) in [5, 5.41) is 0.801. The summed E-state index contributed by atoms with van der Waals surface area (Å²) in [4.78, 5) is 0. The summed E-state index contributed by atoms with van der Waals surface area (Å²) in [7, 11) is 0. The Morgan fingerprint density at radius 2 is 1.73 bits per heavy atom. The average Bonchev–Trinajstić information content (AvgIpc) is 2.71. The summed E-state index contributed by atoms with van der Waals surface area (Å²) in [5.41, 5.74) is 0.982. The molecule has 0 saturated heterocycles.